The van der Waals surface area contributed by atoms with E-state index < -0.39 is 11.6 Å². The van der Waals surface area contributed by atoms with Gasteiger partial charge < -0.3 is 19.6 Å². The Balaban J connectivity index is 1.22. The number of benzene rings is 3. The molecule has 0 aliphatic carbocycles. The Hall–Kier alpha value is -4.92. The van der Waals surface area contributed by atoms with E-state index >= 15 is 0 Å². The van der Waals surface area contributed by atoms with Crippen molar-refractivity contribution in [3.63, 3.8) is 0 Å². The number of hydrogen-bond acceptors (Lipinski definition) is 6. The Kier molecular flexibility index (Phi) is 6.80. The van der Waals surface area contributed by atoms with Crippen LogP contribution in [-0.2, 0) is 4.74 Å². The van der Waals surface area contributed by atoms with Crippen LogP contribution in [0.3, 0.4) is 0 Å². The highest BCUT2D eigenvalue weighted by Crippen LogP contribution is 2.34. The third-order valence-electron chi connectivity index (χ3n) is 7.62. The maximum absolute atomic E-state index is 12.6. The van der Waals surface area contributed by atoms with E-state index in [1.54, 1.807) is 21.7 Å². The third-order valence-corrected chi connectivity index (χ3v) is 7.62. The zero-order chi connectivity index (χ0) is 29.6. The highest BCUT2D eigenvalue weighted by molar-refractivity contribution is 6.09. The maximum atomic E-state index is 12.6. The summed E-state index contributed by atoms with van der Waals surface area (Å²) in [5.74, 6) is -0.955. The van der Waals surface area contributed by atoms with E-state index in [-0.39, 0.29) is 17.7 Å². The molecule has 42 heavy (non-hydrogen) atoms. The molecule has 0 spiro atoms. The van der Waals surface area contributed by atoms with E-state index in [4.69, 9.17) is 9.72 Å². The Morgan fingerprint density at radius 1 is 0.905 bits per heavy atom. The van der Waals surface area contributed by atoms with Crippen LogP contribution >= 0.6 is 0 Å². The number of amides is 1. The minimum absolute atomic E-state index is 0.0337. The molecule has 6 rings (SSSR count). The van der Waals surface area contributed by atoms with Gasteiger partial charge in [-0.15, -0.1) is 0 Å². The molecule has 3 heterocycles. The lowest BCUT2D eigenvalue weighted by Gasteiger charge is -2.41. The number of carboxylic acid groups (broad SMARTS) is 1. The fraction of sp³-hybridized carbons (Fsp3) is 0.273. The molecule has 1 atom stereocenters. The van der Waals surface area contributed by atoms with Crippen molar-refractivity contribution in [1.29, 1.82) is 0 Å². The highest BCUT2D eigenvalue weighted by atomic mass is 16.6. The molecule has 214 valence electrons. The third kappa shape index (κ3) is 5.13. The van der Waals surface area contributed by atoms with Gasteiger partial charge in [0.2, 0.25) is 0 Å². The molecule has 1 fully saturated rings. The number of carboxylic acids is 1. The summed E-state index contributed by atoms with van der Waals surface area (Å²) in [7, 11) is 0. The lowest BCUT2D eigenvalue weighted by atomic mass is 9.96. The average molecular weight is 564 g/mol. The van der Waals surface area contributed by atoms with Gasteiger partial charge in [0.15, 0.2) is 5.65 Å². The summed E-state index contributed by atoms with van der Waals surface area (Å²) in [5, 5.41) is 15.7. The van der Waals surface area contributed by atoms with Gasteiger partial charge in [0.25, 0.3) is 0 Å². The Morgan fingerprint density at radius 3 is 2.33 bits per heavy atom. The average Bonchev–Trinajstić information content (AvgIpc) is 3.38. The quantitative estimate of drug-likeness (QED) is 0.272. The summed E-state index contributed by atoms with van der Waals surface area (Å²) in [6.45, 7) is 9.76. The zero-order valence-electron chi connectivity index (χ0n) is 24.1. The summed E-state index contributed by atoms with van der Waals surface area (Å²) in [6, 6.07) is 19.3. The van der Waals surface area contributed by atoms with E-state index in [0.717, 1.165) is 46.4 Å². The molecule has 0 unspecified atom stereocenters. The molecule has 9 heteroatoms. The molecule has 0 bridgehead atoms. The second-order valence-corrected chi connectivity index (χ2v) is 11.7. The van der Waals surface area contributed by atoms with Gasteiger partial charge in [0, 0.05) is 54.9 Å². The van der Waals surface area contributed by atoms with Crippen LogP contribution in [0.1, 0.15) is 38.1 Å². The van der Waals surface area contributed by atoms with Crippen molar-refractivity contribution in [2.45, 2.75) is 39.3 Å². The van der Waals surface area contributed by atoms with Crippen LogP contribution in [0.5, 0.6) is 0 Å². The largest absolute Gasteiger partial charge is 0.478 e. The number of rotatable bonds is 4. The van der Waals surface area contributed by atoms with Crippen molar-refractivity contribution in [3.05, 3.63) is 84.8 Å². The SMILES string of the molecule is C[C@H]1CN(c2ccc(-c3cnc4c(-c5ccc(C(=O)O)c6ccccc56)cnn4c3)cc2)CCN1C(=O)OC(C)(C)C. The van der Waals surface area contributed by atoms with E-state index in [1.165, 1.54) is 0 Å². The number of aromatic nitrogens is 3. The van der Waals surface area contributed by atoms with E-state index in [1.807, 2.05) is 70.4 Å². The molecule has 9 nitrogen and oxygen atoms in total. The second-order valence-electron chi connectivity index (χ2n) is 11.7. The fourth-order valence-corrected chi connectivity index (χ4v) is 5.58. The number of anilines is 1. The van der Waals surface area contributed by atoms with Crippen LogP contribution in [-0.4, -0.2) is 67.9 Å². The fourth-order valence-electron chi connectivity index (χ4n) is 5.58. The summed E-state index contributed by atoms with van der Waals surface area (Å²) >= 11 is 0. The Bertz CT molecular complexity index is 1810. The first-order chi connectivity index (χ1) is 20.1. The maximum Gasteiger partial charge on any atom is 0.410 e. The minimum atomic E-state index is -0.955. The van der Waals surface area contributed by atoms with Crippen molar-refractivity contribution in [3.8, 4) is 22.3 Å². The van der Waals surface area contributed by atoms with Crippen molar-refractivity contribution in [1.82, 2.24) is 19.5 Å². The predicted octanol–water partition coefficient (Wildman–Crippen LogP) is 6.36. The van der Waals surface area contributed by atoms with Crippen LogP contribution in [0.15, 0.2) is 79.3 Å². The number of aromatic carboxylic acids is 1. The summed E-state index contributed by atoms with van der Waals surface area (Å²) in [4.78, 5) is 33.2. The second kappa shape index (κ2) is 10.5. The summed E-state index contributed by atoms with van der Waals surface area (Å²) in [6.07, 6.45) is 5.30. The lowest BCUT2D eigenvalue weighted by Crippen LogP contribution is -2.55. The van der Waals surface area contributed by atoms with E-state index in [0.29, 0.717) is 17.6 Å². The Labute approximate surface area is 244 Å². The molecule has 0 saturated carbocycles. The van der Waals surface area contributed by atoms with Crippen LogP contribution in [0.25, 0.3) is 38.7 Å². The molecule has 5 aromatic rings. The van der Waals surface area contributed by atoms with Crippen LogP contribution < -0.4 is 4.90 Å². The minimum Gasteiger partial charge on any atom is -0.478 e. The van der Waals surface area contributed by atoms with Crippen molar-refractivity contribution < 1.29 is 19.4 Å². The number of piperazine rings is 1. The predicted molar refractivity (Wildman–Crippen MR) is 163 cm³/mol. The van der Waals surface area contributed by atoms with Crippen LogP contribution in [0.4, 0.5) is 10.5 Å². The normalized spacial score (nSPS) is 15.8. The number of nitrogens with zero attached hydrogens (tertiary/aromatic N) is 5. The van der Waals surface area contributed by atoms with Gasteiger partial charge in [-0.1, -0.05) is 42.5 Å². The molecule has 2 aromatic heterocycles. The van der Waals surface area contributed by atoms with Crippen LogP contribution in [0.2, 0.25) is 0 Å². The van der Waals surface area contributed by atoms with Gasteiger partial charge in [0.05, 0.1) is 11.8 Å². The smallest absolute Gasteiger partial charge is 0.410 e. The van der Waals surface area contributed by atoms with Gasteiger partial charge >= 0.3 is 12.1 Å². The number of ether oxygens (including phenoxy) is 1. The van der Waals surface area contributed by atoms with E-state index in [2.05, 4.69) is 34.3 Å². The standard InChI is InChI=1S/C33H33N5O4/c1-21-19-36(15-16-37(21)32(41)42-33(2,3)4)24-11-9-22(10-12-24)23-17-34-30-29(18-35-38(30)20-23)27-13-14-28(31(39)40)26-8-6-5-7-25(26)27/h5-14,17-18,20-21H,15-16,19H2,1-4H3,(H,39,40)/t21-/m0/s1. The van der Waals surface area contributed by atoms with Gasteiger partial charge in [-0.05, 0) is 67.8 Å². The molecule has 0 radical (unpaired) electrons. The topological polar surface area (TPSA) is 100 Å². The van der Waals surface area contributed by atoms with Crippen LogP contribution in [0, 0.1) is 0 Å². The van der Waals surface area contributed by atoms with Gasteiger partial charge in [-0.25, -0.2) is 19.1 Å². The molecule has 1 N–H and O–H groups in total. The first kappa shape index (κ1) is 27.3. The van der Waals surface area contributed by atoms with Gasteiger partial charge in [-0.3, -0.25) is 0 Å². The van der Waals surface area contributed by atoms with Gasteiger partial charge in [0.1, 0.15) is 5.60 Å². The van der Waals surface area contributed by atoms with Crippen molar-refractivity contribution >= 4 is 34.2 Å². The zero-order valence-corrected chi connectivity index (χ0v) is 24.1. The van der Waals surface area contributed by atoms with Crippen molar-refractivity contribution in [2.75, 3.05) is 24.5 Å². The molecular formula is C33H33N5O4. The number of carbonyl (C=O) groups excluding carboxylic acids is 1. The molecule has 3 aromatic carbocycles. The summed E-state index contributed by atoms with van der Waals surface area (Å²) < 4.78 is 7.34. The Morgan fingerprint density at radius 2 is 1.64 bits per heavy atom. The number of carbonyl (C=O) groups is 2. The van der Waals surface area contributed by atoms with E-state index in [9.17, 15) is 14.7 Å². The number of hydrogen-bond donors (Lipinski definition) is 1. The lowest BCUT2D eigenvalue weighted by molar-refractivity contribution is 0.0159. The molecule has 1 saturated heterocycles. The molecule has 1 aliphatic heterocycles. The first-order valence-electron chi connectivity index (χ1n) is 14.0. The molecule has 1 amide bonds. The first-order valence-corrected chi connectivity index (χ1v) is 14.0. The monoisotopic (exact) mass is 563 g/mol. The highest BCUT2D eigenvalue weighted by Gasteiger charge is 2.31. The van der Waals surface area contributed by atoms with Gasteiger partial charge in [-0.2, -0.15) is 5.10 Å². The number of fused-ring (bicyclic) bond motifs is 2. The summed E-state index contributed by atoms with van der Waals surface area (Å²) in [5.41, 5.74) is 5.22. The molecule has 1 aliphatic rings. The van der Waals surface area contributed by atoms with Crippen molar-refractivity contribution in [2.24, 2.45) is 0 Å². The molecular weight excluding hydrogens is 530 g/mol.